The highest BCUT2D eigenvalue weighted by Crippen LogP contribution is 2.21. The van der Waals surface area contributed by atoms with Gasteiger partial charge >= 0.3 is 0 Å². The fourth-order valence-corrected chi connectivity index (χ4v) is 2.59. The molecule has 0 fully saturated rings. The van der Waals surface area contributed by atoms with Crippen molar-refractivity contribution in [2.75, 3.05) is 26.8 Å². The topological polar surface area (TPSA) is 89.8 Å². The zero-order chi connectivity index (χ0) is 19.8. The number of amides is 2. The number of furan rings is 1. The molecule has 0 saturated heterocycles. The van der Waals surface area contributed by atoms with Crippen LogP contribution in [0.25, 0.3) is 10.8 Å². The molecule has 28 heavy (non-hydrogen) atoms. The van der Waals surface area contributed by atoms with E-state index in [1.54, 1.807) is 19.2 Å². The third-order valence-electron chi connectivity index (χ3n) is 4.03. The number of nitrogens with one attached hydrogen (secondary N) is 2. The second kappa shape index (κ2) is 9.57. The van der Waals surface area contributed by atoms with Crippen molar-refractivity contribution in [3.8, 4) is 5.75 Å². The maximum Gasteiger partial charge on any atom is 0.287 e. The van der Waals surface area contributed by atoms with Crippen LogP contribution >= 0.6 is 0 Å². The number of hydrogen-bond donors (Lipinski definition) is 2. The lowest BCUT2D eigenvalue weighted by atomic mass is 10.1. The fourth-order valence-electron chi connectivity index (χ4n) is 2.59. The minimum atomic E-state index is -0.459. The normalized spacial score (nSPS) is 10.6. The standard InChI is InChI=1S/C21H22N2O5/c1-26-11-10-22-20(24)13-23-21(25)19-9-8-18(28-19)14-27-17-7-6-15-4-2-3-5-16(15)12-17/h2-9,12H,10-11,13-14H2,1H3,(H,22,24)(H,23,25). The number of carbonyl (C=O) groups is 2. The summed E-state index contributed by atoms with van der Waals surface area (Å²) < 4.78 is 16.1. The van der Waals surface area contributed by atoms with Gasteiger partial charge in [0, 0.05) is 13.7 Å². The Morgan fingerprint density at radius 3 is 2.64 bits per heavy atom. The van der Waals surface area contributed by atoms with Crippen LogP contribution in [0.1, 0.15) is 16.3 Å². The third-order valence-corrected chi connectivity index (χ3v) is 4.03. The van der Waals surface area contributed by atoms with Gasteiger partial charge < -0.3 is 24.5 Å². The molecule has 0 aliphatic heterocycles. The highest BCUT2D eigenvalue weighted by atomic mass is 16.5. The van der Waals surface area contributed by atoms with Crippen LogP contribution in [0.3, 0.4) is 0 Å². The largest absolute Gasteiger partial charge is 0.486 e. The van der Waals surface area contributed by atoms with Crippen molar-refractivity contribution in [3.63, 3.8) is 0 Å². The summed E-state index contributed by atoms with van der Waals surface area (Å²) in [5.41, 5.74) is 0. The number of rotatable bonds is 9. The van der Waals surface area contributed by atoms with Crippen LogP contribution in [0.15, 0.2) is 59.0 Å². The van der Waals surface area contributed by atoms with Crippen molar-refractivity contribution < 1.29 is 23.5 Å². The molecule has 3 rings (SSSR count). The molecule has 0 aliphatic carbocycles. The molecule has 0 bridgehead atoms. The fraction of sp³-hybridized carbons (Fsp3) is 0.238. The maximum absolute atomic E-state index is 12.1. The molecule has 0 unspecified atom stereocenters. The summed E-state index contributed by atoms with van der Waals surface area (Å²) in [6, 6.07) is 17.1. The number of methoxy groups -OCH3 is 1. The zero-order valence-corrected chi connectivity index (χ0v) is 15.6. The second-order valence-electron chi connectivity index (χ2n) is 6.09. The SMILES string of the molecule is COCCNC(=O)CNC(=O)c1ccc(COc2ccc3ccccc3c2)o1. The Morgan fingerprint density at radius 1 is 1.00 bits per heavy atom. The lowest BCUT2D eigenvalue weighted by Gasteiger charge is -2.06. The first-order chi connectivity index (χ1) is 13.7. The van der Waals surface area contributed by atoms with Crippen LogP contribution < -0.4 is 15.4 Å². The number of benzene rings is 2. The molecule has 0 aliphatic rings. The molecular formula is C21H22N2O5. The Hall–Kier alpha value is -3.32. The third kappa shape index (κ3) is 5.34. The van der Waals surface area contributed by atoms with Gasteiger partial charge in [-0.2, -0.15) is 0 Å². The summed E-state index contributed by atoms with van der Waals surface area (Å²) in [6.07, 6.45) is 0. The van der Waals surface area contributed by atoms with Crippen molar-refractivity contribution in [1.29, 1.82) is 0 Å². The van der Waals surface area contributed by atoms with Gasteiger partial charge in [-0.25, -0.2) is 0 Å². The quantitative estimate of drug-likeness (QED) is 0.555. The minimum Gasteiger partial charge on any atom is -0.486 e. The molecule has 2 aromatic carbocycles. The van der Waals surface area contributed by atoms with Gasteiger partial charge in [0.1, 0.15) is 18.1 Å². The lowest BCUT2D eigenvalue weighted by Crippen LogP contribution is -2.38. The van der Waals surface area contributed by atoms with Crippen molar-refractivity contribution in [1.82, 2.24) is 10.6 Å². The molecule has 2 amide bonds. The van der Waals surface area contributed by atoms with E-state index in [1.165, 1.54) is 0 Å². The van der Waals surface area contributed by atoms with Gasteiger partial charge in [-0.3, -0.25) is 9.59 Å². The van der Waals surface area contributed by atoms with Gasteiger partial charge in [-0.15, -0.1) is 0 Å². The summed E-state index contributed by atoms with van der Waals surface area (Å²) in [4.78, 5) is 23.6. The van der Waals surface area contributed by atoms with E-state index in [1.807, 2.05) is 42.5 Å². The molecule has 0 radical (unpaired) electrons. The Balaban J connectivity index is 1.49. The van der Waals surface area contributed by atoms with Gasteiger partial charge in [-0.1, -0.05) is 30.3 Å². The molecule has 0 atom stereocenters. The highest BCUT2D eigenvalue weighted by Gasteiger charge is 2.13. The van der Waals surface area contributed by atoms with E-state index in [4.69, 9.17) is 13.9 Å². The number of fused-ring (bicyclic) bond motifs is 1. The predicted molar refractivity (Wildman–Crippen MR) is 104 cm³/mol. The van der Waals surface area contributed by atoms with Gasteiger partial charge in [0.2, 0.25) is 5.91 Å². The first-order valence-electron chi connectivity index (χ1n) is 8.90. The summed E-state index contributed by atoms with van der Waals surface area (Å²) in [5, 5.41) is 7.35. The van der Waals surface area contributed by atoms with E-state index in [0.29, 0.717) is 24.7 Å². The van der Waals surface area contributed by atoms with Crippen molar-refractivity contribution >= 4 is 22.6 Å². The summed E-state index contributed by atoms with van der Waals surface area (Å²) in [7, 11) is 1.55. The van der Waals surface area contributed by atoms with Gasteiger partial charge in [0.25, 0.3) is 5.91 Å². The average Bonchev–Trinajstić information content (AvgIpc) is 3.20. The molecule has 7 nitrogen and oxygen atoms in total. The molecule has 2 N–H and O–H groups in total. The average molecular weight is 382 g/mol. The number of ether oxygens (including phenoxy) is 2. The smallest absolute Gasteiger partial charge is 0.287 e. The molecule has 3 aromatic rings. The number of hydrogen-bond acceptors (Lipinski definition) is 5. The van der Waals surface area contributed by atoms with Crippen LogP contribution in [-0.4, -0.2) is 38.6 Å². The van der Waals surface area contributed by atoms with E-state index in [2.05, 4.69) is 10.6 Å². The van der Waals surface area contributed by atoms with E-state index in [9.17, 15) is 9.59 Å². The van der Waals surface area contributed by atoms with Crippen LogP contribution in [0.5, 0.6) is 5.75 Å². The van der Waals surface area contributed by atoms with Crippen molar-refractivity contribution in [2.45, 2.75) is 6.61 Å². The molecule has 1 heterocycles. The molecule has 0 spiro atoms. The summed E-state index contributed by atoms with van der Waals surface area (Å²) in [5.74, 6) is 0.606. The Morgan fingerprint density at radius 2 is 1.82 bits per heavy atom. The van der Waals surface area contributed by atoms with E-state index in [0.717, 1.165) is 10.8 Å². The first-order valence-corrected chi connectivity index (χ1v) is 8.90. The van der Waals surface area contributed by atoms with Crippen LogP contribution in [0.4, 0.5) is 0 Å². The van der Waals surface area contributed by atoms with E-state index >= 15 is 0 Å². The van der Waals surface area contributed by atoms with Crippen LogP contribution in [-0.2, 0) is 16.1 Å². The molecule has 146 valence electrons. The molecule has 7 heteroatoms. The Labute approximate surface area is 162 Å². The predicted octanol–water partition coefficient (Wildman–Crippen LogP) is 2.50. The second-order valence-corrected chi connectivity index (χ2v) is 6.09. The van der Waals surface area contributed by atoms with E-state index < -0.39 is 5.91 Å². The zero-order valence-electron chi connectivity index (χ0n) is 15.6. The Kier molecular flexibility index (Phi) is 6.64. The Bertz CT molecular complexity index is 951. The molecule has 1 aromatic heterocycles. The van der Waals surface area contributed by atoms with Crippen molar-refractivity contribution in [2.24, 2.45) is 0 Å². The van der Waals surface area contributed by atoms with E-state index in [-0.39, 0.29) is 24.8 Å². The van der Waals surface area contributed by atoms with Crippen molar-refractivity contribution in [3.05, 3.63) is 66.1 Å². The lowest BCUT2D eigenvalue weighted by molar-refractivity contribution is -0.120. The van der Waals surface area contributed by atoms with Gasteiger partial charge in [0.05, 0.1) is 13.2 Å². The van der Waals surface area contributed by atoms with Gasteiger partial charge in [-0.05, 0) is 35.0 Å². The van der Waals surface area contributed by atoms with Crippen LogP contribution in [0, 0.1) is 0 Å². The molecule has 0 saturated carbocycles. The highest BCUT2D eigenvalue weighted by molar-refractivity contribution is 5.94. The molecular weight excluding hydrogens is 360 g/mol. The summed E-state index contributed by atoms with van der Waals surface area (Å²) >= 11 is 0. The first kappa shape index (κ1) is 19.4. The van der Waals surface area contributed by atoms with Crippen LogP contribution in [0.2, 0.25) is 0 Å². The minimum absolute atomic E-state index is 0.127. The summed E-state index contributed by atoms with van der Waals surface area (Å²) in [6.45, 7) is 0.871. The number of carbonyl (C=O) groups excluding carboxylic acids is 2. The monoisotopic (exact) mass is 382 g/mol. The van der Waals surface area contributed by atoms with Gasteiger partial charge in [0.15, 0.2) is 5.76 Å². The maximum atomic E-state index is 12.1.